The van der Waals surface area contributed by atoms with Gasteiger partial charge in [0.15, 0.2) is 0 Å². The van der Waals surface area contributed by atoms with Crippen molar-refractivity contribution in [3.63, 3.8) is 0 Å². The summed E-state index contributed by atoms with van der Waals surface area (Å²) in [5.41, 5.74) is -0.0598. The van der Waals surface area contributed by atoms with Crippen LogP contribution in [0.5, 0.6) is 0 Å². The monoisotopic (exact) mass is 319 g/mol. The average Bonchev–Trinajstić information content (AvgIpc) is 3.10. The van der Waals surface area contributed by atoms with Crippen LogP contribution >= 0.6 is 0 Å². The predicted octanol–water partition coefficient (Wildman–Crippen LogP) is 2.40. The summed E-state index contributed by atoms with van der Waals surface area (Å²) in [7, 11) is 0. The van der Waals surface area contributed by atoms with Crippen molar-refractivity contribution in [2.45, 2.75) is 50.2 Å². The van der Waals surface area contributed by atoms with Crippen LogP contribution < -0.4 is 0 Å². The van der Waals surface area contributed by atoms with Crippen molar-refractivity contribution in [1.82, 2.24) is 4.90 Å². The lowest BCUT2D eigenvalue weighted by Crippen LogP contribution is -2.47. The first-order valence-corrected chi connectivity index (χ1v) is 8.78. The van der Waals surface area contributed by atoms with Crippen LogP contribution in [-0.4, -0.2) is 48.8 Å². The van der Waals surface area contributed by atoms with Gasteiger partial charge in [0.05, 0.1) is 31.0 Å². The second-order valence-corrected chi connectivity index (χ2v) is 7.23. The third-order valence-electron chi connectivity index (χ3n) is 5.37. The van der Waals surface area contributed by atoms with Gasteiger partial charge >= 0.3 is 0 Å². The van der Waals surface area contributed by atoms with Crippen LogP contribution in [0.4, 0.5) is 0 Å². The highest BCUT2D eigenvalue weighted by Gasteiger charge is 2.44. The van der Waals surface area contributed by atoms with Crippen LogP contribution in [0.2, 0.25) is 0 Å². The number of carbonyl (C=O) groups is 1. The van der Waals surface area contributed by atoms with Gasteiger partial charge in [0.2, 0.25) is 5.91 Å². The summed E-state index contributed by atoms with van der Waals surface area (Å²) in [4.78, 5) is 14.3. The van der Waals surface area contributed by atoms with E-state index in [4.69, 9.17) is 13.9 Å². The van der Waals surface area contributed by atoms with Gasteiger partial charge in [-0.15, -0.1) is 0 Å². The van der Waals surface area contributed by atoms with Crippen LogP contribution in [-0.2, 0) is 20.7 Å². The van der Waals surface area contributed by atoms with Gasteiger partial charge in [-0.3, -0.25) is 4.79 Å². The second-order valence-electron chi connectivity index (χ2n) is 7.23. The molecule has 126 valence electrons. The number of furan rings is 1. The van der Waals surface area contributed by atoms with Crippen molar-refractivity contribution in [3.05, 3.63) is 24.2 Å². The molecule has 23 heavy (non-hydrogen) atoms. The Hall–Kier alpha value is -1.33. The van der Waals surface area contributed by atoms with E-state index in [9.17, 15) is 4.79 Å². The van der Waals surface area contributed by atoms with Crippen molar-refractivity contribution < 1.29 is 18.7 Å². The highest BCUT2D eigenvalue weighted by molar-refractivity contribution is 5.78. The lowest BCUT2D eigenvalue weighted by Gasteiger charge is -2.38. The van der Waals surface area contributed by atoms with Crippen LogP contribution in [0.1, 0.15) is 37.9 Å². The van der Waals surface area contributed by atoms with E-state index in [-0.39, 0.29) is 17.6 Å². The molecule has 4 rings (SSSR count). The normalized spacial score (nSPS) is 26.8. The minimum absolute atomic E-state index is 0.0598. The molecule has 0 bridgehead atoms. The minimum Gasteiger partial charge on any atom is -0.469 e. The molecule has 5 heteroatoms. The number of nitrogens with zero attached hydrogens (tertiary/aromatic N) is 1. The first kappa shape index (κ1) is 15.2. The minimum atomic E-state index is -0.0598. The maximum Gasteiger partial charge on any atom is 0.230 e. The number of likely N-dealkylation sites (tertiary alicyclic amines) is 1. The highest BCUT2D eigenvalue weighted by atomic mass is 16.6. The summed E-state index contributed by atoms with van der Waals surface area (Å²) in [6, 6.07) is 3.67. The molecule has 0 unspecified atom stereocenters. The standard InChI is InChI=1S/C18H25NO4/c20-17(10-15-2-1-9-21-15)19-7-5-18(6-8-19)11-16(13-23-18)22-12-14-3-4-14/h1-2,9,14,16H,3-8,10-13H2/t16-/m0/s1. The molecule has 3 aliphatic rings. The molecule has 0 radical (unpaired) electrons. The largest absolute Gasteiger partial charge is 0.469 e. The number of amides is 1. The summed E-state index contributed by atoms with van der Waals surface area (Å²) in [6.45, 7) is 3.16. The number of hydrogen-bond donors (Lipinski definition) is 0. The Morgan fingerprint density at radius 1 is 1.35 bits per heavy atom. The van der Waals surface area contributed by atoms with Gasteiger partial charge in [0.1, 0.15) is 5.76 Å². The first-order valence-electron chi connectivity index (χ1n) is 8.78. The lowest BCUT2D eigenvalue weighted by atomic mass is 9.88. The fraction of sp³-hybridized carbons (Fsp3) is 0.722. The molecule has 0 N–H and O–H groups in total. The SMILES string of the molecule is O=C(Cc1ccco1)N1CCC2(CC1)C[C@H](OCC1CC1)CO2. The van der Waals surface area contributed by atoms with E-state index >= 15 is 0 Å². The fourth-order valence-electron chi connectivity index (χ4n) is 3.65. The number of piperidine rings is 1. The Labute approximate surface area is 136 Å². The maximum atomic E-state index is 12.3. The summed E-state index contributed by atoms with van der Waals surface area (Å²) >= 11 is 0. The van der Waals surface area contributed by atoms with Crippen LogP contribution in [0.25, 0.3) is 0 Å². The zero-order chi connectivity index (χ0) is 15.7. The number of hydrogen-bond acceptors (Lipinski definition) is 4. The highest BCUT2D eigenvalue weighted by Crippen LogP contribution is 2.38. The molecule has 3 fully saturated rings. The van der Waals surface area contributed by atoms with Crippen LogP contribution in [0, 0.1) is 5.92 Å². The van der Waals surface area contributed by atoms with Crippen LogP contribution in [0.3, 0.4) is 0 Å². The number of rotatable bonds is 5. The maximum absolute atomic E-state index is 12.3. The number of carbonyl (C=O) groups excluding carboxylic acids is 1. The average molecular weight is 319 g/mol. The smallest absolute Gasteiger partial charge is 0.230 e. The molecule has 0 aromatic carbocycles. The molecule has 1 saturated carbocycles. The molecule has 1 atom stereocenters. The van der Waals surface area contributed by atoms with Gasteiger partial charge in [-0.05, 0) is 43.7 Å². The molecule has 1 aromatic heterocycles. The van der Waals surface area contributed by atoms with Crippen molar-refractivity contribution in [3.8, 4) is 0 Å². The quantitative estimate of drug-likeness (QED) is 0.836. The topological polar surface area (TPSA) is 51.9 Å². The molecule has 1 aromatic rings. The first-order chi connectivity index (χ1) is 11.2. The molecule has 5 nitrogen and oxygen atoms in total. The Bertz CT molecular complexity index is 529. The molecular formula is C18H25NO4. The molecule has 2 saturated heterocycles. The van der Waals surface area contributed by atoms with E-state index in [2.05, 4.69) is 0 Å². The molecule has 1 spiro atoms. The van der Waals surface area contributed by atoms with Gasteiger partial charge in [-0.25, -0.2) is 0 Å². The van der Waals surface area contributed by atoms with E-state index in [1.807, 2.05) is 17.0 Å². The zero-order valence-corrected chi connectivity index (χ0v) is 13.5. The van der Waals surface area contributed by atoms with Crippen molar-refractivity contribution in [1.29, 1.82) is 0 Å². The summed E-state index contributed by atoms with van der Waals surface area (Å²) in [5.74, 6) is 1.68. The van der Waals surface area contributed by atoms with Gasteiger partial charge < -0.3 is 18.8 Å². The molecule has 1 aliphatic carbocycles. The van der Waals surface area contributed by atoms with E-state index in [1.165, 1.54) is 12.8 Å². The van der Waals surface area contributed by atoms with Gasteiger partial charge in [-0.2, -0.15) is 0 Å². The van der Waals surface area contributed by atoms with Crippen molar-refractivity contribution >= 4 is 5.91 Å². The van der Waals surface area contributed by atoms with Crippen LogP contribution in [0.15, 0.2) is 22.8 Å². The van der Waals surface area contributed by atoms with Gasteiger partial charge in [-0.1, -0.05) is 0 Å². The Morgan fingerprint density at radius 2 is 2.17 bits per heavy atom. The molecule has 3 heterocycles. The van der Waals surface area contributed by atoms with E-state index in [0.29, 0.717) is 13.0 Å². The van der Waals surface area contributed by atoms with Gasteiger partial charge in [0.25, 0.3) is 0 Å². The Kier molecular flexibility index (Phi) is 4.16. The zero-order valence-electron chi connectivity index (χ0n) is 13.5. The molecule has 1 amide bonds. The third kappa shape index (κ3) is 3.61. The summed E-state index contributed by atoms with van der Waals surface area (Å²) < 4.78 is 17.3. The molecule has 2 aliphatic heterocycles. The predicted molar refractivity (Wildman–Crippen MR) is 84.0 cm³/mol. The van der Waals surface area contributed by atoms with E-state index < -0.39 is 0 Å². The number of ether oxygens (including phenoxy) is 2. The fourth-order valence-corrected chi connectivity index (χ4v) is 3.65. The molecular weight excluding hydrogens is 294 g/mol. The van der Waals surface area contributed by atoms with Crippen molar-refractivity contribution in [2.24, 2.45) is 5.92 Å². The summed E-state index contributed by atoms with van der Waals surface area (Å²) in [5, 5.41) is 0. The van der Waals surface area contributed by atoms with E-state index in [1.54, 1.807) is 6.26 Å². The third-order valence-corrected chi connectivity index (χ3v) is 5.37. The Morgan fingerprint density at radius 3 is 2.87 bits per heavy atom. The Balaban J connectivity index is 1.24. The van der Waals surface area contributed by atoms with E-state index in [0.717, 1.165) is 50.6 Å². The lowest BCUT2D eigenvalue weighted by molar-refractivity contribution is -0.135. The summed E-state index contributed by atoms with van der Waals surface area (Å²) in [6.07, 6.45) is 7.69. The van der Waals surface area contributed by atoms with Gasteiger partial charge in [0, 0.05) is 26.1 Å². The second kappa shape index (κ2) is 6.29. The van der Waals surface area contributed by atoms with Crippen molar-refractivity contribution in [2.75, 3.05) is 26.3 Å².